The van der Waals surface area contributed by atoms with Crippen LogP contribution in [-0.2, 0) is 11.3 Å². The number of nitro groups is 1. The molecule has 1 atom stereocenters. The molecule has 1 saturated heterocycles. The minimum Gasteiger partial charge on any atom is -0.385 e. The van der Waals surface area contributed by atoms with Gasteiger partial charge in [-0.1, -0.05) is 18.6 Å². The molecule has 2 N–H and O–H groups in total. The number of likely N-dealkylation sites (tertiary alicyclic amines) is 1. The standard InChI is InChI=1S/C21H35N5O3/c1-18-7-3-4-14-25(18)15-5-12-22-21(23-13-6-16-29-2)24-17-19-8-10-20(11-9-19)26(27)28/h8-11,18H,3-7,12-17H2,1-2H3,(H2,22,23,24). The van der Waals surface area contributed by atoms with Crippen molar-refractivity contribution in [3.8, 4) is 0 Å². The van der Waals surface area contributed by atoms with Crippen LogP contribution in [0.1, 0.15) is 44.6 Å². The summed E-state index contributed by atoms with van der Waals surface area (Å²) in [5.74, 6) is 0.770. The van der Waals surface area contributed by atoms with Crippen LogP contribution in [0.5, 0.6) is 0 Å². The van der Waals surface area contributed by atoms with E-state index in [1.807, 2.05) is 0 Å². The van der Waals surface area contributed by atoms with E-state index in [0.29, 0.717) is 19.2 Å². The molecular formula is C21H35N5O3. The molecule has 0 saturated carbocycles. The van der Waals surface area contributed by atoms with Crippen LogP contribution in [0, 0.1) is 10.1 Å². The van der Waals surface area contributed by atoms with Gasteiger partial charge in [0.15, 0.2) is 5.96 Å². The van der Waals surface area contributed by atoms with E-state index in [-0.39, 0.29) is 10.6 Å². The molecule has 0 spiro atoms. The Labute approximate surface area is 173 Å². The highest BCUT2D eigenvalue weighted by molar-refractivity contribution is 5.79. The Balaban J connectivity index is 1.82. The minimum atomic E-state index is -0.388. The minimum absolute atomic E-state index is 0.0979. The van der Waals surface area contributed by atoms with Gasteiger partial charge in [0.05, 0.1) is 11.5 Å². The lowest BCUT2D eigenvalue weighted by molar-refractivity contribution is -0.384. The Morgan fingerprint density at radius 3 is 2.62 bits per heavy atom. The van der Waals surface area contributed by atoms with E-state index in [9.17, 15) is 10.1 Å². The number of benzene rings is 1. The average molecular weight is 406 g/mol. The fourth-order valence-electron chi connectivity index (χ4n) is 3.47. The second-order valence-corrected chi connectivity index (χ2v) is 7.52. The van der Waals surface area contributed by atoms with Gasteiger partial charge in [-0.2, -0.15) is 0 Å². The zero-order valence-corrected chi connectivity index (χ0v) is 17.7. The number of aliphatic imine (C=N–C) groups is 1. The van der Waals surface area contributed by atoms with E-state index >= 15 is 0 Å². The number of methoxy groups -OCH3 is 1. The zero-order chi connectivity index (χ0) is 20.9. The molecule has 0 aromatic heterocycles. The summed E-state index contributed by atoms with van der Waals surface area (Å²) in [5, 5.41) is 17.5. The average Bonchev–Trinajstić information content (AvgIpc) is 2.73. The van der Waals surface area contributed by atoms with Gasteiger partial charge in [0, 0.05) is 51.5 Å². The maximum atomic E-state index is 10.8. The van der Waals surface area contributed by atoms with Crippen LogP contribution >= 0.6 is 0 Å². The fraction of sp³-hybridized carbons (Fsp3) is 0.667. The van der Waals surface area contributed by atoms with Crippen molar-refractivity contribution < 1.29 is 9.66 Å². The summed E-state index contributed by atoms with van der Waals surface area (Å²) in [6.07, 6.45) is 5.93. The summed E-state index contributed by atoms with van der Waals surface area (Å²) in [6.45, 7) is 7.45. The lowest BCUT2D eigenvalue weighted by Gasteiger charge is -2.33. The Morgan fingerprint density at radius 2 is 1.97 bits per heavy atom. The summed E-state index contributed by atoms with van der Waals surface area (Å²) in [5.41, 5.74) is 1.04. The van der Waals surface area contributed by atoms with Crippen molar-refractivity contribution in [1.82, 2.24) is 15.5 Å². The van der Waals surface area contributed by atoms with Crippen LogP contribution in [0.25, 0.3) is 0 Å². The van der Waals surface area contributed by atoms with Gasteiger partial charge in [-0.05, 0) is 44.7 Å². The predicted molar refractivity (Wildman–Crippen MR) is 116 cm³/mol. The monoisotopic (exact) mass is 405 g/mol. The molecule has 0 bridgehead atoms. The molecule has 162 valence electrons. The second kappa shape index (κ2) is 13.1. The SMILES string of the molecule is COCCCNC(=NCc1ccc([N+](=O)[O-])cc1)NCCCN1CCCCC1C. The molecule has 1 aromatic carbocycles. The summed E-state index contributed by atoms with van der Waals surface area (Å²) >= 11 is 0. The molecule has 8 heteroatoms. The predicted octanol–water partition coefficient (Wildman–Crippen LogP) is 2.93. The smallest absolute Gasteiger partial charge is 0.269 e. The van der Waals surface area contributed by atoms with Gasteiger partial charge < -0.3 is 20.3 Å². The summed E-state index contributed by atoms with van der Waals surface area (Å²) in [4.78, 5) is 17.6. The Kier molecular flexibility index (Phi) is 10.4. The van der Waals surface area contributed by atoms with Crippen LogP contribution in [0.3, 0.4) is 0 Å². The van der Waals surface area contributed by atoms with E-state index in [2.05, 4.69) is 27.4 Å². The second-order valence-electron chi connectivity index (χ2n) is 7.52. The van der Waals surface area contributed by atoms with E-state index < -0.39 is 0 Å². The number of non-ortho nitro benzene ring substituents is 1. The molecule has 1 fully saturated rings. The van der Waals surface area contributed by atoms with Gasteiger partial charge in [-0.15, -0.1) is 0 Å². The van der Waals surface area contributed by atoms with Crippen molar-refractivity contribution in [1.29, 1.82) is 0 Å². The number of nitrogens with one attached hydrogen (secondary N) is 2. The first kappa shape index (κ1) is 23.1. The molecular weight excluding hydrogens is 370 g/mol. The molecule has 2 rings (SSSR count). The van der Waals surface area contributed by atoms with Crippen LogP contribution in [0.2, 0.25) is 0 Å². The van der Waals surface area contributed by atoms with Crippen LogP contribution in [0.4, 0.5) is 5.69 Å². The van der Waals surface area contributed by atoms with Crippen LogP contribution < -0.4 is 10.6 Å². The maximum absolute atomic E-state index is 10.8. The first-order valence-electron chi connectivity index (χ1n) is 10.6. The number of piperidine rings is 1. The molecule has 0 amide bonds. The largest absolute Gasteiger partial charge is 0.385 e. The van der Waals surface area contributed by atoms with E-state index in [1.54, 1.807) is 19.2 Å². The van der Waals surface area contributed by atoms with Crippen molar-refractivity contribution in [2.24, 2.45) is 4.99 Å². The molecule has 1 unspecified atom stereocenters. The van der Waals surface area contributed by atoms with Crippen molar-refractivity contribution >= 4 is 11.6 Å². The maximum Gasteiger partial charge on any atom is 0.269 e. The highest BCUT2D eigenvalue weighted by Crippen LogP contribution is 2.16. The van der Waals surface area contributed by atoms with Crippen LogP contribution in [-0.4, -0.2) is 61.7 Å². The molecule has 0 radical (unpaired) electrons. The quantitative estimate of drug-likeness (QED) is 0.193. The topological polar surface area (TPSA) is 92.0 Å². The Bertz CT molecular complexity index is 636. The number of nitrogens with zero attached hydrogens (tertiary/aromatic N) is 3. The third kappa shape index (κ3) is 8.79. The highest BCUT2D eigenvalue weighted by Gasteiger charge is 2.17. The van der Waals surface area contributed by atoms with Crippen molar-refractivity contribution in [2.45, 2.75) is 51.6 Å². The normalized spacial score (nSPS) is 17.9. The molecule has 29 heavy (non-hydrogen) atoms. The molecule has 1 aromatic rings. The van der Waals surface area contributed by atoms with E-state index in [0.717, 1.165) is 44.0 Å². The molecule has 1 heterocycles. The van der Waals surface area contributed by atoms with Gasteiger partial charge in [-0.25, -0.2) is 4.99 Å². The summed E-state index contributed by atoms with van der Waals surface area (Å²) in [6, 6.07) is 7.23. The third-order valence-electron chi connectivity index (χ3n) is 5.24. The molecule has 1 aliphatic rings. The zero-order valence-electron chi connectivity index (χ0n) is 17.7. The molecule has 1 aliphatic heterocycles. The van der Waals surface area contributed by atoms with Crippen molar-refractivity contribution in [3.63, 3.8) is 0 Å². The number of nitro benzene ring substituents is 1. The highest BCUT2D eigenvalue weighted by atomic mass is 16.6. The van der Waals surface area contributed by atoms with Gasteiger partial charge in [0.2, 0.25) is 0 Å². The van der Waals surface area contributed by atoms with Crippen molar-refractivity contribution in [2.75, 3.05) is 39.9 Å². The number of hydrogen-bond acceptors (Lipinski definition) is 5. The summed E-state index contributed by atoms with van der Waals surface area (Å²) < 4.78 is 5.10. The van der Waals surface area contributed by atoms with Crippen LogP contribution in [0.15, 0.2) is 29.3 Å². The Hall–Kier alpha value is -2.19. The number of hydrogen-bond donors (Lipinski definition) is 2. The molecule has 0 aliphatic carbocycles. The van der Waals surface area contributed by atoms with Gasteiger partial charge >= 0.3 is 0 Å². The van der Waals surface area contributed by atoms with Gasteiger partial charge in [0.1, 0.15) is 0 Å². The van der Waals surface area contributed by atoms with Gasteiger partial charge in [-0.3, -0.25) is 10.1 Å². The van der Waals surface area contributed by atoms with Crippen molar-refractivity contribution in [3.05, 3.63) is 39.9 Å². The van der Waals surface area contributed by atoms with E-state index in [4.69, 9.17) is 4.74 Å². The fourth-order valence-corrected chi connectivity index (χ4v) is 3.47. The first-order valence-corrected chi connectivity index (χ1v) is 10.6. The van der Waals surface area contributed by atoms with E-state index in [1.165, 1.54) is 37.9 Å². The number of rotatable bonds is 11. The van der Waals surface area contributed by atoms with Gasteiger partial charge in [0.25, 0.3) is 5.69 Å². The Morgan fingerprint density at radius 1 is 1.24 bits per heavy atom. The lowest BCUT2D eigenvalue weighted by atomic mass is 10.0. The number of ether oxygens (including phenoxy) is 1. The molecule has 8 nitrogen and oxygen atoms in total. The summed E-state index contributed by atoms with van der Waals surface area (Å²) in [7, 11) is 1.70. The lowest BCUT2D eigenvalue weighted by Crippen LogP contribution is -2.41. The third-order valence-corrected chi connectivity index (χ3v) is 5.24. The first-order chi connectivity index (χ1) is 14.1. The number of guanidine groups is 1.